The minimum Gasteiger partial charge on any atom is -0.465 e. The van der Waals surface area contributed by atoms with Crippen molar-refractivity contribution in [1.82, 2.24) is 4.98 Å². The summed E-state index contributed by atoms with van der Waals surface area (Å²) < 4.78 is 18.5. The van der Waals surface area contributed by atoms with Crippen LogP contribution in [0.1, 0.15) is 36.0 Å². The average Bonchev–Trinajstić information content (AvgIpc) is 2.44. The van der Waals surface area contributed by atoms with Crippen LogP contribution in [0.5, 0.6) is 0 Å². The van der Waals surface area contributed by atoms with Gasteiger partial charge < -0.3 is 15.8 Å². The van der Waals surface area contributed by atoms with E-state index in [1.54, 1.807) is 0 Å². The molecule has 0 bridgehead atoms. The fourth-order valence-corrected chi connectivity index (χ4v) is 2.55. The summed E-state index contributed by atoms with van der Waals surface area (Å²) in [6.45, 7) is 0. The highest BCUT2D eigenvalue weighted by atomic mass is 35.5. The zero-order valence-electron chi connectivity index (χ0n) is 11.2. The van der Waals surface area contributed by atoms with Crippen molar-refractivity contribution < 1.29 is 13.9 Å². The van der Waals surface area contributed by atoms with Crippen LogP contribution >= 0.6 is 11.6 Å². The van der Waals surface area contributed by atoms with E-state index in [0.29, 0.717) is 0 Å². The second-order valence-electron chi connectivity index (χ2n) is 4.85. The van der Waals surface area contributed by atoms with Gasteiger partial charge in [0.15, 0.2) is 11.6 Å². The van der Waals surface area contributed by atoms with Gasteiger partial charge in [0.1, 0.15) is 10.7 Å². The number of halogens is 2. The van der Waals surface area contributed by atoms with Gasteiger partial charge in [-0.05, 0) is 18.9 Å². The van der Waals surface area contributed by atoms with Crippen LogP contribution < -0.4 is 11.1 Å². The van der Waals surface area contributed by atoms with E-state index in [1.165, 1.54) is 7.11 Å². The number of anilines is 1. The topological polar surface area (TPSA) is 77.2 Å². The predicted octanol–water partition coefficient (Wildman–Crippen LogP) is 2.34. The number of rotatable bonds is 3. The Balaban J connectivity index is 2.20. The Kier molecular flexibility index (Phi) is 4.77. The SMILES string of the molecule is COC(=O)c1cc(F)c(NC2CCCC[C@@H]2N)nc1Cl. The molecule has 0 spiro atoms. The number of nitrogens with one attached hydrogen (secondary N) is 1. The molecule has 2 atom stereocenters. The van der Waals surface area contributed by atoms with Crippen LogP contribution in [-0.2, 0) is 4.74 Å². The van der Waals surface area contributed by atoms with Gasteiger partial charge in [0.2, 0.25) is 0 Å². The molecule has 7 heteroatoms. The zero-order valence-corrected chi connectivity index (χ0v) is 11.9. The molecule has 1 aliphatic carbocycles. The Morgan fingerprint density at radius 3 is 2.90 bits per heavy atom. The summed E-state index contributed by atoms with van der Waals surface area (Å²) in [5.74, 6) is -1.35. The number of carbonyl (C=O) groups excluding carboxylic acids is 1. The molecule has 5 nitrogen and oxygen atoms in total. The normalized spacial score (nSPS) is 22.4. The first kappa shape index (κ1) is 15.0. The maximum atomic E-state index is 14.0. The molecule has 0 radical (unpaired) electrons. The standard InChI is InChI=1S/C13H17ClFN3O2/c1-20-13(19)7-6-8(15)12(18-11(7)14)17-10-5-3-2-4-9(10)16/h6,9-10H,2-5,16H2,1H3,(H,17,18)/t9-,10?/m0/s1. The lowest BCUT2D eigenvalue weighted by molar-refractivity contribution is 0.0600. The van der Waals surface area contributed by atoms with E-state index in [0.717, 1.165) is 31.7 Å². The van der Waals surface area contributed by atoms with Crippen LogP contribution in [0.4, 0.5) is 10.2 Å². The molecule has 1 aliphatic rings. The summed E-state index contributed by atoms with van der Waals surface area (Å²) in [4.78, 5) is 15.3. The first-order chi connectivity index (χ1) is 9.52. The van der Waals surface area contributed by atoms with Crippen LogP contribution in [-0.4, -0.2) is 30.1 Å². The quantitative estimate of drug-likeness (QED) is 0.662. The molecule has 3 N–H and O–H groups in total. The Hall–Kier alpha value is -1.40. The molecule has 2 rings (SSSR count). The summed E-state index contributed by atoms with van der Waals surface area (Å²) in [7, 11) is 1.20. The molecule has 110 valence electrons. The first-order valence-electron chi connectivity index (χ1n) is 6.49. The van der Waals surface area contributed by atoms with Crippen molar-refractivity contribution in [3.63, 3.8) is 0 Å². The summed E-state index contributed by atoms with van der Waals surface area (Å²) >= 11 is 5.88. The van der Waals surface area contributed by atoms with E-state index in [4.69, 9.17) is 17.3 Å². The average molecular weight is 302 g/mol. The summed E-state index contributed by atoms with van der Waals surface area (Å²) in [6, 6.07) is 0.951. The first-order valence-corrected chi connectivity index (χ1v) is 6.87. The van der Waals surface area contributed by atoms with Crippen molar-refractivity contribution in [1.29, 1.82) is 0 Å². The van der Waals surface area contributed by atoms with E-state index in [2.05, 4.69) is 15.0 Å². The van der Waals surface area contributed by atoms with Crippen molar-refractivity contribution in [2.45, 2.75) is 37.8 Å². The molecule has 0 saturated heterocycles. The van der Waals surface area contributed by atoms with E-state index >= 15 is 0 Å². The van der Waals surface area contributed by atoms with Gasteiger partial charge in [-0.25, -0.2) is 14.2 Å². The third kappa shape index (κ3) is 3.19. The number of hydrogen-bond acceptors (Lipinski definition) is 5. The third-order valence-corrected chi connectivity index (χ3v) is 3.76. The minimum atomic E-state index is -0.720. The Morgan fingerprint density at radius 1 is 1.55 bits per heavy atom. The lowest BCUT2D eigenvalue weighted by Gasteiger charge is -2.29. The van der Waals surface area contributed by atoms with Gasteiger partial charge in [-0.15, -0.1) is 0 Å². The summed E-state index contributed by atoms with van der Waals surface area (Å²) in [6.07, 6.45) is 3.88. The molecule has 0 amide bonds. The smallest absolute Gasteiger partial charge is 0.341 e. The van der Waals surface area contributed by atoms with E-state index in [1.807, 2.05) is 0 Å². The molecule has 1 fully saturated rings. The van der Waals surface area contributed by atoms with Crippen molar-refractivity contribution in [3.05, 3.63) is 22.6 Å². The van der Waals surface area contributed by atoms with Crippen molar-refractivity contribution in [3.8, 4) is 0 Å². The monoisotopic (exact) mass is 301 g/mol. The van der Waals surface area contributed by atoms with Crippen LogP contribution in [0.2, 0.25) is 5.15 Å². The Morgan fingerprint density at radius 2 is 2.25 bits per heavy atom. The molecule has 1 unspecified atom stereocenters. The molecule has 1 aromatic heterocycles. The molecular formula is C13H17ClFN3O2. The molecule has 20 heavy (non-hydrogen) atoms. The fraction of sp³-hybridized carbons (Fsp3) is 0.538. The number of nitrogens with zero attached hydrogens (tertiary/aromatic N) is 1. The van der Waals surface area contributed by atoms with Gasteiger partial charge in [0.05, 0.1) is 7.11 Å². The second kappa shape index (κ2) is 6.37. The minimum absolute atomic E-state index is 0.0185. The van der Waals surface area contributed by atoms with Crippen LogP contribution in [0, 0.1) is 5.82 Å². The summed E-state index contributed by atoms with van der Waals surface area (Å²) in [5.41, 5.74) is 5.90. The van der Waals surface area contributed by atoms with Gasteiger partial charge in [-0.3, -0.25) is 0 Å². The predicted molar refractivity (Wildman–Crippen MR) is 74.4 cm³/mol. The molecule has 1 saturated carbocycles. The van der Waals surface area contributed by atoms with Gasteiger partial charge in [0.25, 0.3) is 0 Å². The van der Waals surface area contributed by atoms with E-state index in [-0.39, 0.29) is 28.6 Å². The van der Waals surface area contributed by atoms with E-state index in [9.17, 15) is 9.18 Å². The highest BCUT2D eigenvalue weighted by Crippen LogP contribution is 2.25. The number of methoxy groups -OCH3 is 1. The highest BCUT2D eigenvalue weighted by Gasteiger charge is 2.24. The Bertz CT molecular complexity index is 513. The maximum Gasteiger partial charge on any atom is 0.341 e. The van der Waals surface area contributed by atoms with E-state index < -0.39 is 11.8 Å². The number of carbonyl (C=O) groups is 1. The fourth-order valence-electron chi connectivity index (χ4n) is 2.34. The third-order valence-electron chi connectivity index (χ3n) is 3.48. The maximum absolute atomic E-state index is 14.0. The molecule has 0 aromatic carbocycles. The lowest BCUT2D eigenvalue weighted by atomic mass is 9.91. The largest absolute Gasteiger partial charge is 0.465 e. The molecular weight excluding hydrogens is 285 g/mol. The number of pyridine rings is 1. The van der Waals surface area contributed by atoms with Crippen molar-refractivity contribution >= 4 is 23.4 Å². The van der Waals surface area contributed by atoms with Crippen molar-refractivity contribution in [2.75, 3.05) is 12.4 Å². The van der Waals surface area contributed by atoms with Crippen LogP contribution in [0.15, 0.2) is 6.07 Å². The van der Waals surface area contributed by atoms with Gasteiger partial charge >= 0.3 is 5.97 Å². The number of nitrogens with two attached hydrogens (primary N) is 1. The van der Waals surface area contributed by atoms with Crippen LogP contribution in [0.3, 0.4) is 0 Å². The number of aromatic nitrogens is 1. The number of ether oxygens (including phenoxy) is 1. The zero-order chi connectivity index (χ0) is 14.7. The molecule has 1 heterocycles. The second-order valence-corrected chi connectivity index (χ2v) is 5.21. The van der Waals surface area contributed by atoms with Crippen molar-refractivity contribution in [2.24, 2.45) is 5.73 Å². The van der Waals surface area contributed by atoms with Crippen LogP contribution in [0.25, 0.3) is 0 Å². The van der Waals surface area contributed by atoms with Gasteiger partial charge in [-0.2, -0.15) is 0 Å². The number of hydrogen-bond donors (Lipinski definition) is 2. The molecule has 0 aliphatic heterocycles. The molecule has 1 aromatic rings. The lowest BCUT2D eigenvalue weighted by Crippen LogP contribution is -2.43. The summed E-state index contributed by atoms with van der Waals surface area (Å²) in [5, 5.41) is 2.88. The van der Waals surface area contributed by atoms with Gasteiger partial charge in [-0.1, -0.05) is 24.4 Å². The number of esters is 1. The Labute approximate surface area is 121 Å². The highest BCUT2D eigenvalue weighted by molar-refractivity contribution is 6.32. The van der Waals surface area contributed by atoms with Gasteiger partial charge in [0, 0.05) is 12.1 Å².